The van der Waals surface area contributed by atoms with Crippen LogP contribution in [0.15, 0.2) is 22.7 Å². The molecule has 0 unspecified atom stereocenters. The minimum absolute atomic E-state index is 0.219. The number of unbranched alkanes of at least 4 members (excludes halogenated alkanes) is 1. The first-order valence-electron chi connectivity index (χ1n) is 7.51. The second kappa shape index (κ2) is 6.12. The smallest absolute Gasteiger partial charge is 0.287 e. The summed E-state index contributed by atoms with van der Waals surface area (Å²) in [7, 11) is 0. The average Bonchev–Trinajstić information content (AvgIpc) is 2.93. The average molecular weight is 323 g/mol. The van der Waals surface area contributed by atoms with Gasteiger partial charge >= 0.3 is 0 Å². The monoisotopic (exact) mass is 322 g/mol. The van der Waals surface area contributed by atoms with Gasteiger partial charge in [0.2, 0.25) is 0 Å². The van der Waals surface area contributed by atoms with Gasteiger partial charge in [-0.15, -0.1) is 5.10 Å². The van der Waals surface area contributed by atoms with Crippen LogP contribution in [0.1, 0.15) is 48.9 Å². The highest BCUT2D eigenvalue weighted by Gasteiger charge is 2.41. The molecule has 7 heteroatoms. The summed E-state index contributed by atoms with van der Waals surface area (Å²) in [6.45, 7) is 3.62. The normalized spacial score (nSPS) is 15.7. The molecule has 0 spiro atoms. The maximum Gasteiger partial charge on any atom is 0.287 e. The van der Waals surface area contributed by atoms with Crippen molar-refractivity contribution in [3.63, 3.8) is 0 Å². The molecule has 2 aromatic rings. The van der Waals surface area contributed by atoms with Crippen molar-refractivity contribution in [3.05, 3.63) is 35.0 Å². The SMILES string of the molecule is CC1(c2cn(CCCCNC(=O)c3ccc(Cl)o3)nn2)CC1. The number of nitrogens with one attached hydrogen (secondary N) is 1. The van der Waals surface area contributed by atoms with E-state index in [9.17, 15) is 4.79 Å². The Labute approximate surface area is 133 Å². The number of amides is 1. The molecule has 0 atom stereocenters. The van der Waals surface area contributed by atoms with Gasteiger partial charge in [0.05, 0.1) is 5.69 Å². The van der Waals surface area contributed by atoms with Crippen LogP contribution < -0.4 is 5.32 Å². The molecule has 6 nitrogen and oxygen atoms in total. The van der Waals surface area contributed by atoms with Crippen molar-refractivity contribution in [1.82, 2.24) is 20.3 Å². The molecule has 1 saturated carbocycles. The van der Waals surface area contributed by atoms with E-state index in [4.69, 9.17) is 16.0 Å². The Morgan fingerprint density at radius 1 is 1.45 bits per heavy atom. The number of hydrogen-bond acceptors (Lipinski definition) is 4. The van der Waals surface area contributed by atoms with Crippen LogP contribution >= 0.6 is 11.6 Å². The fourth-order valence-corrected chi connectivity index (χ4v) is 2.40. The maximum atomic E-state index is 11.7. The zero-order valence-corrected chi connectivity index (χ0v) is 13.3. The van der Waals surface area contributed by atoms with Crippen molar-refractivity contribution >= 4 is 17.5 Å². The van der Waals surface area contributed by atoms with Gasteiger partial charge in [0.25, 0.3) is 5.91 Å². The molecule has 1 fully saturated rings. The van der Waals surface area contributed by atoms with Crippen LogP contribution in [0.25, 0.3) is 0 Å². The van der Waals surface area contributed by atoms with E-state index in [1.807, 2.05) is 10.9 Å². The second-order valence-electron chi connectivity index (χ2n) is 5.99. The second-order valence-corrected chi connectivity index (χ2v) is 6.37. The van der Waals surface area contributed by atoms with Crippen molar-refractivity contribution in [1.29, 1.82) is 0 Å². The third-order valence-corrected chi connectivity index (χ3v) is 4.26. The molecule has 0 aromatic carbocycles. The Bertz CT molecular complexity index is 660. The first-order valence-corrected chi connectivity index (χ1v) is 7.89. The zero-order valence-electron chi connectivity index (χ0n) is 12.5. The van der Waals surface area contributed by atoms with Crippen LogP contribution in [0, 0.1) is 0 Å². The summed E-state index contributed by atoms with van der Waals surface area (Å²) in [4.78, 5) is 11.7. The number of carbonyl (C=O) groups is 1. The molecule has 22 heavy (non-hydrogen) atoms. The van der Waals surface area contributed by atoms with E-state index in [0.717, 1.165) is 25.1 Å². The molecule has 0 saturated heterocycles. The summed E-state index contributed by atoms with van der Waals surface area (Å²) < 4.78 is 6.93. The first kappa shape index (κ1) is 15.1. The van der Waals surface area contributed by atoms with E-state index >= 15 is 0 Å². The molecule has 2 aromatic heterocycles. The molecule has 0 radical (unpaired) electrons. The van der Waals surface area contributed by atoms with E-state index in [0.29, 0.717) is 6.54 Å². The van der Waals surface area contributed by atoms with Gasteiger partial charge in [-0.1, -0.05) is 12.1 Å². The van der Waals surface area contributed by atoms with Crippen LogP contribution in [0.4, 0.5) is 0 Å². The van der Waals surface area contributed by atoms with Gasteiger partial charge < -0.3 is 9.73 Å². The number of aromatic nitrogens is 3. The van der Waals surface area contributed by atoms with Gasteiger partial charge in [0.15, 0.2) is 11.0 Å². The van der Waals surface area contributed by atoms with Gasteiger partial charge in [-0.25, -0.2) is 0 Å². The highest BCUT2D eigenvalue weighted by Crippen LogP contribution is 2.46. The van der Waals surface area contributed by atoms with Gasteiger partial charge in [0, 0.05) is 24.7 Å². The fraction of sp³-hybridized carbons (Fsp3) is 0.533. The number of carbonyl (C=O) groups excluding carboxylic acids is 1. The van der Waals surface area contributed by atoms with Crippen LogP contribution in [0.5, 0.6) is 0 Å². The minimum atomic E-state index is -0.239. The lowest BCUT2D eigenvalue weighted by molar-refractivity contribution is 0.0925. The van der Waals surface area contributed by atoms with E-state index in [1.165, 1.54) is 12.8 Å². The number of hydrogen-bond donors (Lipinski definition) is 1. The van der Waals surface area contributed by atoms with Gasteiger partial charge in [-0.2, -0.15) is 0 Å². The fourth-order valence-electron chi connectivity index (χ4n) is 2.25. The zero-order chi connectivity index (χ0) is 15.6. The summed E-state index contributed by atoms with van der Waals surface area (Å²) in [5.74, 6) is 0.000181. The Morgan fingerprint density at radius 3 is 2.95 bits per heavy atom. The molecular weight excluding hydrogens is 304 g/mol. The predicted molar refractivity (Wildman–Crippen MR) is 81.9 cm³/mol. The predicted octanol–water partition coefficient (Wildman–Crippen LogP) is 2.79. The molecule has 0 aliphatic heterocycles. The molecule has 118 valence electrons. The third-order valence-electron chi connectivity index (χ3n) is 4.05. The van der Waals surface area contributed by atoms with Gasteiger partial charge in [0.1, 0.15) is 0 Å². The lowest BCUT2D eigenvalue weighted by Crippen LogP contribution is -2.24. The highest BCUT2D eigenvalue weighted by molar-refractivity contribution is 6.29. The maximum absolute atomic E-state index is 11.7. The standard InChI is InChI=1S/C15H19ClN4O2/c1-15(6-7-15)12-10-20(19-18-12)9-3-2-8-17-14(21)11-4-5-13(16)22-11/h4-5,10H,2-3,6-9H2,1H3,(H,17,21). The lowest BCUT2D eigenvalue weighted by atomic mass is 10.1. The molecular formula is C15H19ClN4O2. The Hall–Kier alpha value is -1.82. The van der Waals surface area contributed by atoms with Crippen molar-refractivity contribution in [3.8, 4) is 0 Å². The largest absolute Gasteiger partial charge is 0.440 e. The molecule has 1 aliphatic rings. The van der Waals surface area contributed by atoms with Crippen molar-refractivity contribution in [2.45, 2.75) is 44.6 Å². The number of nitrogens with zero attached hydrogens (tertiary/aromatic N) is 3. The van der Waals surface area contributed by atoms with E-state index in [1.54, 1.807) is 12.1 Å². The van der Waals surface area contributed by atoms with Crippen LogP contribution in [-0.4, -0.2) is 27.4 Å². The van der Waals surface area contributed by atoms with Gasteiger partial charge in [-0.3, -0.25) is 9.48 Å². The van der Waals surface area contributed by atoms with Crippen molar-refractivity contribution in [2.75, 3.05) is 6.54 Å². The summed E-state index contributed by atoms with van der Waals surface area (Å²) in [5, 5.41) is 11.4. The summed E-state index contributed by atoms with van der Waals surface area (Å²) in [6.07, 6.45) is 6.24. The summed E-state index contributed by atoms with van der Waals surface area (Å²) >= 11 is 5.63. The van der Waals surface area contributed by atoms with E-state index in [-0.39, 0.29) is 22.3 Å². The number of aryl methyl sites for hydroxylation is 1. The molecule has 1 N–H and O–H groups in total. The summed E-state index contributed by atoms with van der Waals surface area (Å²) in [6, 6.07) is 3.12. The minimum Gasteiger partial charge on any atom is -0.440 e. The lowest BCUT2D eigenvalue weighted by Gasteiger charge is -2.03. The van der Waals surface area contributed by atoms with Crippen LogP contribution in [0.2, 0.25) is 5.22 Å². The third kappa shape index (κ3) is 3.50. The number of furan rings is 1. The Balaban J connectivity index is 1.35. The Morgan fingerprint density at radius 2 is 2.27 bits per heavy atom. The molecule has 2 heterocycles. The quantitative estimate of drug-likeness (QED) is 0.795. The van der Waals surface area contributed by atoms with Crippen LogP contribution in [0.3, 0.4) is 0 Å². The van der Waals surface area contributed by atoms with Crippen molar-refractivity contribution < 1.29 is 9.21 Å². The molecule has 3 rings (SSSR count). The summed E-state index contributed by atoms with van der Waals surface area (Å²) in [5.41, 5.74) is 1.35. The Kier molecular flexibility index (Phi) is 4.20. The van der Waals surface area contributed by atoms with Crippen molar-refractivity contribution in [2.24, 2.45) is 0 Å². The van der Waals surface area contributed by atoms with E-state index < -0.39 is 0 Å². The molecule has 0 bridgehead atoms. The first-order chi connectivity index (χ1) is 10.6. The topological polar surface area (TPSA) is 73.0 Å². The number of halogens is 1. The molecule has 1 amide bonds. The van der Waals surface area contributed by atoms with Gasteiger partial charge in [-0.05, 0) is 49.4 Å². The number of rotatable bonds is 7. The van der Waals surface area contributed by atoms with E-state index in [2.05, 4.69) is 22.6 Å². The highest BCUT2D eigenvalue weighted by atomic mass is 35.5. The molecule has 1 aliphatic carbocycles. The van der Waals surface area contributed by atoms with Crippen LogP contribution in [-0.2, 0) is 12.0 Å².